The first-order valence-corrected chi connectivity index (χ1v) is 8.49. The molecule has 0 amide bonds. The lowest BCUT2D eigenvalue weighted by Gasteiger charge is -2.04. The average molecular weight is 333 g/mol. The van der Waals surface area contributed by atoms with Gasteiger partial charge in [0.15, 0.2) is 0 Å². The van der Waals surface area contributed by atoms with E-state index in [4.69, 9.17) is 4.74 Å². The quantitative estimate of drug-likeness (QED) is 0.854. The fraction of sp³-hybridized carbons (Fsp3) is 0.176. The van der Waals surface area contributed by atoms with Crippen LogP contribution in [0.15, 0.2) is 48.5 Å². The molecule has 0 atom stereocenters. The summed E-state index contributed by atoms with van der Waals surface area (Å²) in [6.45, 7) is -0.0123. The maximum atomic E-state index is 12.8. The topological polar surface area (TPSA) is 55.4 Å². The minimum Gasteiger partial charge on any atom is -0.495 e. The van der Waals surface area contributed by atoms with E-state index < -0.39 is 15.8 Å². The van der Waals surface area contributed by atoms with Crippen LogP contribution in [-0.4, -0.2) is 22.1 Å². The summed E-state index contributed by atoms with van der Waals surface area (Å²) in [5.74, 6) is 5.62. The monoisotopic (exact) mass is 333 g/mol. The smallest absolute Gasteiger partial charge is 0.216 e. The third-order valence-electron chi connectivity index (χ3n) is 2.98. The Labute approximate surface area is 135 Å². The Morgan fingerprint density at radius 2 is 1.83 bits per heavy atom. The van der Waals surface area contributed by atoms with Crippen LogP contribution in [0.5, 0.6) is 5.75 Å². The molecule has 0 unspecified atom stereocenters. The van der Waals surface area contributed by atoms with Crippen molar-refractivity contribution in [3.63, 3.8) is 0 Å². The highest BCUT2D eigenvalue weighted by Crippen LogP contribution is 2.15. The Bertz CT molecular complexity index is 821. The predicted octanol–water partition coefficient (Wildman–Crippen LogP) is 2.31. The normalized spacial score (nSPS) is 10.7. The summed E-state index contributed by atoms with van der Waals surface area (Å²) in [5, 5.41) is 0. The third kappa shape index (κ3) is 5.40. The molecular formula is C17H16FNO3S. The second kappa shape index (κ2) is 7.77. The molecule has 0 saturated carbocycles. The second-order valence-electron chi connectivity index (χ2n) is 4.71. The van der Waals surface area contributed by atoms with Gasteiger partial charge in [-0.25, -0.2) is 17.5 Å². The summed E-state index contributed by atoms with van der Waals surface area (Å²) in [6.07, 6.45) is 0. The van der Waals surface area contributed by atoms with Gasteiger partial charge in [-0.3, -0.25) is 0 Å². The molecule has 0 radical (unpaired) electrons. The zero-order valence-corrected chi connectivity index (χ0v) is 13.4. The molecule has 0 aliphatic heterocycles. The number of hydrogen-bond donors (Lipinski definition) is 1. The summed E-state index contributed by atoms with van der Waals surface area (Å²) in [7, 11) is -1.98. The fourth-order valence-corrected chi connectivity index (χ4v) is 2.91. The van der Waals surface area contributed by atoms with Crippen LogP contribution >= 0.6 is 0 Å². The second-order valence-corrected chi connectivity index (χ2v) is 6.52. The van der Waals surface area contributed by atoms with E-state index in [1.807, 2.05) is 12.1 Å². The Kier molecular flexibility index (Phi) is 5.74. The van der Waals surface area contributed by atoms with Gasteiger partial charge in [0.05, 0.1) is 25.0 Å². The van der Waals surface area contributed by atoms with Crippen LogP contribution in [-0.2, 0) is 15.8 Å². The summed E-state index contributed by atoms with van der Waals surface area (Å²) in [6, 6.07) is 12.6. The Balaban J connectivity index is 1.95. The number of rotatable bonds is 5. The van der Waals surface area contributed by atoms with Crippen LogP contribution in [0.1, 0.15) is 11.1 Å². The molecule has 0 aromatic heterocycles. The van der Waals surface area contributed by atoms with Crippen LogP contribution in [0, 0.1) is 17.7 Å². The molecule has 0 saturated heterocycles. The van der Waals surface area contributed by atoms with Gasteiger partial charge in [-0.1, -0.05) is 36.1 Å². The van der Waals surface area contributed by atoms with Crippen LogP contribution in [0.2, 0.25) is 0 Å². The SMILES string of the molecule is COc1ccccc1C#CCNS(=O)(=O)Cc1ccc(F)cc1. The molecule has 4 nitrogen and oxygen atoms in total. The highest BCUT2D eigenvalue weighted by atomic mass is 32.2. The standard InChI is InChI=1S/C17H16FNO3S/c1-22-17-7-3-2-5-15(17)6-4-12-19-23(20,21)13-14-8-10-16(18)11-9-14/h2-3,5,7-11,19H,12-13H2,1H3. The number of sulfonamides is 1. The molecule has 2 aromatic rings. The zero-order valence-electron chi connectivity index (χ0n) is 12.5. The molecule has 2 rings (SSSR count). The number of benzene rings is 2. The van der Waals surface area contributed by atoms with Gasteiger partial charge in [-0.05, 0) is 29.8 Å². The summed E-state index contributed by atoms with van der Waals surface area (Å²) in [5.41, 5.74) is 1.20. The van der Waals surface area contributed by atoms with Crippen LogP contribution in [0.3, 0.4) is 0 Å². The predicted molar refractivity (Wildman–Crippen MR) is 86.9 cm³/mol. The number of nitrogens with one attached hydrogen (secondary N) is 1. The van der Waals surface area contributed by atoms with Gasteiger partial charge < -0.3 is 4.74 Å². The van der Waals surface area contributed by atoms with Gasteiger partial charge >= 0.3 is 0 Å². The van der Waals surface area contributed by atoms with Crippen molar-refractivity contribution in [3.8, 4) is 17.6 Å². The largest absolute Gasteiger partial charge is 0.495 e. The fourth-order valence-electron chi connectivity index (χ4n) is 1.88. The molecule has 0 aliphatic rings. The first-order valence-electron chi connectivity index (χ1n) is 6.84. The number of halogens is 1. The van der Waals surface area contributed by atoms with Crippen molar-refractivity contribution in [2.24, 2.45) is 0 Å². The summed E-state index contributed by atoms with van der Waals surface area (Å²) in [4.78, 5) is 0. The molecule has 0 bridgehead atoms. The molecular weight excluding hydrogens is 317 g/mol. The number of hydrogen-bond acceptors (Lipinski definition) is 3. The first-order chi connectivity index (χ1) is 11.0. The highest BCUT2D eigenvalue weighted by Gasteiger charge is 2.10. The Morgan fingerprint density at radius 1 is 1.13 bits per heavy atom. The first kappa shape index (κ1) is 17.0. The number of para-hydroxylation sites is 1. The summed E-state index contributed by atoms with van der Waals surface area (Å²) >= 11 is 0. The Morgan fingerprint density at radius 3 is 2.52 bits per heavy atom. The minimum absolute atomic E-state index is 0.0123. The van der Waals surface area contributed by atoms with Gasteiger partial charge in [0.1, 0.15) is 11.6 Å². The summed E-state index contributed by atoms with van der Waals surface area (Å²) < 4.78 is 44.2. The van der Waals surface area contributed by atoms with Crippen molar-refractivity contribution >= 4 is 10.0 Å². The van der Waals surface area contributed by atoms with Gasteiger partial charge in [0, 0.05) is 0 Å². The van der Waals surface area contributed by atoms with Crippen LogP contribution in [0.25, 0.3) is 0 Å². The molecule has 1 N–H and O–H groups in total. The lowest BCUT2D eigenvalue weighted by Crippen LogP contribution is -2.25. The van der Waals surface area contributed by atoms with E-state index in [-0.39, 0.29) is 12.3 Å². The van der Waals surface area contributed by atoms with Crippen LogP contribution in [0.4, 0.5) is 4.39 Å². The number of methoxy groups -OCH3 is 1. The lowest BCUT2D eigenvalue weighted by molar-refractivity contribution is 0.413. The molecule has 120 valence electrons. The molecule has 0 fully saturated rings. The number of ether oxygens (including phenoxy) is 1. The van der Waals surface area contributed by atoms with E-state index in [1.54, 1.807) is 19.2 Å². The maximum Gasteiger partial charge on any atom is 0.216 e. The van der Waals surface area contributed by atoms with E-state index in [0.717, 1.165) is 0 Å². The zero-order chi connectivity index (χ0) is 16.7. The molecule has 23 heavy (non-hydrogen) atoms. The van der Waals surface area contributed by atoms with Crippen LogP contribution < -0.4 is 9.46 Å². The molecule has 6 heteroatoms. The lowest BCUT2D eigenvalue weighted by atomic mass is 10.2. The molecule has 0 aliphatic carbocycles. The molecule has 0 spiro atoms. The Hall–Kier alpha value is -2.36. The van der Waals surface area contributed by atoms with E-state index in [9.17, 15) is 12.8 Å². The molecule has 0 heterocycles. The third-order valence-corrected chi connectivity index (χ3v) is 4.28. The van der Waals surface area contributed by atoms with Crippen molar-refractivity contribution in [1.82, 2.24) is 4.72 Å². The maximum absolute atomic E-state index is 12.8. The van der Waals surface area contributed by atoms with Crippen molar-refractivity contribution in [1.29, 1.82) is 0 Å². The van der Waals surface area contributed by atoms with E-state index in [2.05, 4.69) is 16.6 Å². The van der Waals surface area contributed by atoms with Gasteiger partial charge in [-0.15, -0.1) is 0 Å². The average Bonchev–Trinajstić information content (AvgIpc) is 2.54. The highest BCUT2D eigenvalue weighted by molar-refractivity contribution is 7.88. The van der Waals surface area contributed by atoms with Gasteiger partial charge in [0.25, 0.3) is 0 Å². The van der Waals surface area contributed by atoms with Crippen molar-refractivity contribution in [3.05, 3.63) is 65.5 Å². The molecule has 2 aromatic carbocycles. The van der Waals surface area contributed by atoms with E-state index >= 15 is 0 Å². The van der Waals surface area contributed by atoms with Crippen molar-refractivity contribution < 1.29 is 17.5 Å². The van der Waals surface area contributed by atoms with E-state index in [0.29, 0.717) is 16.9 Å². The van der Waals surface area contributed by atoms with Crippen molar-refractivity contribution in [2.75, 3.05) is 13.7 Å². The van der Waals surface area contributed by atoms with E-state index in [1.165, 1.54) is 24.3 Å². The van der Waals surface area contributed by atoms with Gasteiger partial charge in [-0.2, -0.15) is 0 Å². The minimum atomic E-state index is -3.52. The van der Waals surface area contributed by atoms with Crippen molar-refractivity contribution in [2.45, 2.75) is 5.75 Å². The van der Waals surface area contributed by atoms with Gasteiger partial charge in [0.2, 0.25) is 10.0 Å².